The number of amidine groups is 1. The van der Waals surface area contributed by atoms with E-state index in [0.717, 1.165) is 64.7 Å². The number of hydrogen-bond acceptors (Lipinski definition) is 5. The monoisotopic (exact) mass is 589 g/mol. The smallest absolute Gasteiger partial charge is 0.416 e. The van der Waals surface area contributed by atoms with Crippen LogP contribution in [0.1, 0.15) is 68.4 Å². The third-order valence-corrected chi connectivity index (χ3v) is 8.52. The van der Waals surface area contributed by atoms with Gasteiger partial charge in [0.15, 0.2) is 5.17 Å². The van der Waals surface area contributed by atoms with Gasteiger partial charge in [-0.15, -0.1) is 0 Å². The molecule has 10 heteroatoms. The molecule has 41 heavy (non-hydrogen) atoms. The second-order valence-corrected chi connectivity index (χ2v) is 12.3. The molecule has 2 aliphatic rings. The van der Waals surface area contributed by atoms with Gasteiger partial charge in [0.05, 0.1) is 18.7 Å². The van der Waals surface area contributed by atoms with Crippen LogP contribution in [0.15, 0.2) is 47.0 Å². The number of carbonyl (C=O) groups is 1. The summed E-state index contributed by atoms with van der Waals surface area (Å²) in [7, 11) is 3.37. The highest BCUT2D eigenvalue weighted by Gasteiger charge is 2.42. The van der Waals surface area contributed by atoms with E-state index in [0.29, 0.717) is 17.7 Å². The van der Waals surface area contributed by atoms with Crippen molar-refractivity contribution in [2.45, 2.75) is 65.3 Å². The second kappa shape index (κ2) is 12.0. The summed E-state index contributed by atoms with van der Waals surface area (Å²) in [4.78, 5) is 19.1. The summed E-state index contributed by atoms with van der Waals surface area (Å²) in [5.41, 5.74) is 4.12. The van der Waals surface area contributed by atoms with E-state index in [4.69, 9.17) is 9.47 Å². The Bertz CT molecular complexity index is 1370. The number of amides is 1. The number of nitrogens with zero attached hydrogens (tertiary/aromatic N) is 2. The quantitative estimate of drug-likeness (QED) is 0.271. The number of halogens is 3. The number of nitrogens with one attached hydrogen (secondary N) is 1. The number of cyclic esters (lactones) is 1. The highest BCUT2D eigenvalue weighted by Crippen LogP contribution is 2.46. The number of aliphatic imine (C=N–C) groups is 1. The fourth-order valence-corrected chi connectivity index (χ4v) is 6.14. The molecule has 0 aromatic heterocycles. The maximum atomic E-state index is 13.5. The number of hydrogen-bond donors (Lipinski definition) is 1. The Morgan fingerprint density at radius 2 is 1.98 bits per heavy atom. The van der Waals surface area contributed by atoms with Crippen molar-refractivity contribution in [2.24, 2.45) is 10.4 Å². The SMILES string of the molecule is CN=C(Nc1ccc(OC)c(C2=C(CN3C(=O)O[C@H](c4cc(C)cc(C(F)(F)F)c4)[C@@H]3C)CC(C)(C)CC2)c1)SC. The van der Waals surface area contributed by atoms with Crippen LogP contribution in [-0.4, -0.2) is 49.2 Å². The number of thioether (sulfide) groups is 1. The van der Waals surface area contributed by atoms with Crippen molar-refractivity contribution in [1.29, 1.82) is 0 Å². The van der Waals surface area contributed by atoms with E-state index in [1.165, 1.54) is 11.8 Å². The average Bonchev–Trinajstić information content (AvgIpc) is 3.19. The average molecular weight is 590 g/mol. The summed E-state index contributed by atoms with van der Waals surface area (Å²) < 4.78 is 52.0. The Morgan fingerprint density at radius 3 is 2.61 bits per heavy atom. The zero-order valence-corrected chi connectivity index (χ0v) is 25.4. The Kier molecular flexibility index (Phi) is 9.01. The van der Waals surface area contributed by atoms with E-state index in [1.54, 1.807) is 32.0 Å². The lowest BCUT2D eigenvalue weighted by molar-refractivity contribution is -0.137. The highest BCUT2D eigenvalue weighted by atomic mass is 32.2. The molecule has 2 atom stereocenters. The van der Waals surface area contributed by atoms with Crippen LogP contribution < -0.4 is 10.1 Å². The van der Waals surface area contributed by atoms with E-state index in [9.17, 15) is 18.0 Å². The number of anilines is 1. The Hall–Kier alpha value is -3.14. The van der Waals surface area contributed by atoms with Crippen molar-refractivity contribution in [3.05, 3.63) is 64.2 Å². The first kappa shape index (κ1) is 30.8. The number of rotatable bonds is 6. The first-order valence-electron chi connectivity index (χ1n) is 13.6. The van der Waals surface area contributed by atoms with Crippen LogP contribution in [0.3, 0.4) is 0 Å². The van der Waals surface area contributed by atoms with E-state index in [-0.39, 0.29) is 5.41 Å². The van der Waals surface area contributed by atoms with Crippen LogP contribution in [0.5, 0.6) is 5.75 Å². The summed E-state index contributed by atoms with van der Waals surface area (Å²) in [5.74, 6) is 0.733. The van der Waals surface area contributed by atoms with Crippen LogP contribution >= 0.6 is 11.8 Å². The van der Waals surface area contributed by atoms with E-state index in [2.05, 4.69) is 24.2 Å². The molecule has 222 valence electrons. The van der Waals surface area contributed by atoms with Crippen molar-refractivity contribution >= 4 is 34.3 Å². The molecule has 1 amide bonds. The van der Waals surface area contributed by atoms with Gasteiger partial charge < -0.3 is 14.8 Å². The molecule has 1 aliphatic heterocycles. The molecule has 0 radical (unpaired) electrons. The van der Waals surface area contributed by atoms with Crippen molar-refractivity contribution in [2.75, 3.05) is 32.3 Å². The molecule has 1 fully saturated rings. The molecule has 1 aliphatic carbocycles. The lowest BCUT2D eigenvalue weighted by Gasteiger charge is -2.36. The van der Waals surface area contributed by atoms with Crippen LogP contribution in [0.4, 0.5) is 23.7 Å². The van der Waals surface area contributed by atoms with Crippen LogP contribution in [0, 0.1) is 12.3 Å². The molecular formula is C31H38F3N3O3S. The Morgan fingerprint density at radius 1 is 1.24 bits per heavy atom. The molecule has 1 saturated heterocycles. The number of alkyl halides is 3. The largest absolute Gasteiger partial charge is 0.496 e. The maximum Gasteiger partial charge on any atom is 0.416 e. The van der Waals surface area contributed by atoms with Crippen LogP contribution in [0.2, 0.25) is 0 Å². The van der Waals surface area contributed by atoms with Gasteiger partial charge in [0.25, 0.3) is 0 Å². The van der Waals surface area contributed by atoms with Crippen molar-refractivity contribution in [1.82, 2.24) is 4.90 Å². The van der Waals surface area contributed by atoms with Gasteiger partial charge in [0.1, 0.15) is 11.9 Å². The topological polar surface area (TPSA) is 63.2 Å². The predicted molar refractivity (Wildman–Crippen MR) is 160 cm³/mol. The first-order valence-corrected chi connectivity index (χ1v) is 14.8. The van der Waals surface area contributed by atoms with Gasteiger partial charge in [-0.05, 0) is 91.8 Å². The lowest BCUT2D eigenvalue weighted by atomic mass is 9.72. The number of methoxy groups -OCH3 is 1. The summed E-state index contributed by atoms with van der Waals surface area (Å²) in [6.07, 6.45) is -1.34. The van der Waals surface area contributed by atoms with Gasteiger partial charge in [0.2, 0.25) is 0 Å². The van der Waals surface area contributed by atoms with Crippen LogP contribution in [0.25, 0.3) is 5.57 Å². The summed E-state index contributed by atoms with van der Waals surface area (Å²) in [6.45, 7) is 8.19. The lowest BCUT2D eigenvalue weighted by Crippen LogP contribution is -2.35. The van der Waals surface area contributed by atoms with E-state index >= 15 is 0 Å². The number of aryl methyl sites for hydroxylation is 1. The molecular weight excluding hydrogens is 551 g/mol. The third kappa shape index (κ3) is 6.85. The molecule has 0 bridgehead atoms. The molecule has 1 heterocycles. The van der Waals surface area contributed by atoms with Gasteiger partial charge in [-0.25, -0.2) is 4.79 Å². The number of benzene rings is 2. The Balaban J connectivity index is 1.71. The summed E-state index contributed by atoms with van der Waals surface area (Å²) in [6, 6.07) is 9.32. The fraction of sp³-hybridized carbons (Fsp3) is 0.484. The van der Waals surface area contributed by atoms with E-state index in [1.807, 2.05) is 31.4 Å². The minimum absolute atomic E-state index is 0.0211. The van der Waals surface area contributed by atoms with Crippen LogP contribution in [-0.2, 0) is 10.9 Å². The van der Waals surface area contributed by atoms with Gasteiger partial charge in [-0.3, -0.25) is 9.89 Å². The van der Waals surface area contributed by atoms with Gasteiger partial charge in [0, 0.05) is 24.8 Å². The molecule has 2 aromatic carbocycles. The Labute approximate surface area is 244 Å². The first-order chi connectivity index (χ1) is 19.3. The fourth-order valence-electron chi connectivity index (χ4n) is 5.74. The number of ether oxygens (including phenoxy) is 2. The summed E-state index contributed by atoms with van der Waals surface area (Å²) in [5, 5.41) is 4.12. The number of carbonyl (C=O) groups excluding carboxylic acids is 1. The second-order valence-electron chi connectivity index (χ2n) is 11.5. The zero-order valence-electron chi connectivity index (χ0n) is 24.6. The minimum Gasteiger partial charge on any atom is -0.496 e. The molecule has 6 nitrogen and oxygen atoms in total. The summed E-state index contributed by atoms with van der Waals surface area (Å²) >= 11 is 1.51. The standard InChI is InChI=1S/C31H38F3N3O3S/c1-18-12-20(14-22(13-18)31(32,33)34)27-19(2)37(29(38)40-27)17-21-16-30(3,4)11-10-24(21)25-15-23(8-9-26(25)39-6)36-28(35-5)41-7/h8-9,12-15,19,27H,10-11,16-17H2,1-7H3,(H,35,36)/t19-,27-/m0/s1. The van der Waals surface area contributed by atoms with Gasteiger partial charge >= 0.3 is 12.3 Å². The predicted octanol–water partition coefficient (Wildman–Crippen LogP) is 8.33. The molecule has 2 aromatic rings. The molecule has 0 saturated carbocycles. The molecule has 0 spiro atoms. The molecule has 1 N–H and O–H groups in total. The van der Waals surface area contributed by atoms with Crippen molar-refractivity contribution < 1.29 is 27.4 Å². The van der Waals surface area contributed by atoms with E-state index < -0.39 is 30.0 Å². The third-order valence-electron chi connectivity index (χ3n) is 7.85. The number of allylic oxidation sites excluding steroid dienone is 1. The normalized spacial score (nSPS) is 21.3. The zero-order chi connectivity index (χ0) is 30.1. The maximum absolute atomic E-state index is 13.5. The van der Waals surface area contributed by atoms with Gasteiger partial charge in [-0.2, -0.15) is 13.2 Å². The van der Waals surface area contributed by atoms with Crippen molar-refractivity contribution in [3.8, 4) is 5.75 Å². The molecule has 0 unspecified atom stereocenters. The van der Waals surface area contributed by atoms with Crippen molar-refractivity contribution in [3.63, 3.8) is 0 Å². The minimum atomic E-state index is -4.48. The van der Waals surface area contributed by atoms with Gasteiger partial charge in [-0.1, -0.05) is 37.2 Å². The molecule has 4 rings (SSSR count). The highest BCUT2D eigenvalue weighted by molar-refractivity contribution is 8.13.